The van der Waals surface area contributed by atoms with E-state index in [9.17, 15) is 5.11 Å². The Bertz CT molecular complexity index is 432. The van der Waals surface area contributed by atoms with Gasteiger partial charge < -0.3 is 15.7 Å². The molecule has 100 valence electrons. The maximum Gasteiger partial charge on any atom is 0.149 e. The van der Waals surface area contributed by atoms with Crippen molar-refractivity contribution in [3.63, 3.8) is 0 Å². The number of pyridine rings is 1. The number of rotatable bonds is 2. The first-order chi connectivity index (χ1) is 8.49. The van der Waals surface area contributed by atoms with Crippen molar-refractivity contribution < 1.29 is 5.11 Å². The molecule has 0 spiro atoms. The zero-order chi connectivity index (χ0) is 13.3. The number of hydrogen-bond donors (Lipinski definition) is 2. The Morgan fingerprint density at radius 3 is 2.56 bits per heavy atom. The molecule has 2 heterocycles. The van der Waals surface area contributed by atoms with Crippen LogP contribution in [0.5, 0.6) is 0 Å². The minimum atomic E-state index is -0.258. The summed E-state index contributed by atoms with van der Waals surface area (Å²) >= 11 is 12.0. The average Bonchev–Trinajstić information content (AvgIpc) is 2.34. The van der Waals surface area contributed by atoms with Crippen LogP contribution in [0.2, 0.25) is 10.0 Å². The number of aromatic nitrogens is 1. The highest BCUT2D eigenvalue weighted by molar-refractivity contribution is 6.37. The van der Waals surface area contributed by atoms with Gasteiger partial charge in [-0.05, 0) is 31.7 Å². The second-order valence-corrected chi connectivity index (χ2v) is 5.54. The van der Waals surface area contributed by atoms with Crippen LogP contribution in [-0.4, -0.2) is 29.3 Å². The monoisotopic (exact) mass is 289 g/mol. The Hall–Kier alpha value is -0.710. The molecule has 6 heteroatoms. The summed E-state index contributed by atoms with van der Waals surface area (Å²) in [6, 6.07) is 1.63. The number of aliphatic hydroxyl groups excluding tert-OH is 1. The average molecular weight is 290 g/mol. The van der Waals surface area contributed by atoms with Crippen molar-refractivity contribution in [1.82, 2.24) is 4.98 Å². The second-order valence-electron chi connectivity index (χ2n) is 4.73. The van der Waals surface area contributed by atoms with Crippen molar-refractivity contribution in [2.75, 3.05) is 23.7 Å². The molecule has 0 amide bonds. The first-order valence-corrected chi connectivity index (χ1v) is 6.79. The largest absolute Gasteiger partial charge is 0.393 e. The molecule has 1 aliphatic rings. The van der Waals surface area contributed by atoms with Crippen LogP contribution in [0, 0.1) is 5.92 Å². The third kappa shape index (κ3) is 2.82. The number of hydrogen-bond acceptors (Lipinski definition) is 4. The molecule has 1 aromatic rings. The van der Waals surface area contributed by atoms with Gasteiger partial charge in [-0.15, -0.1) is 0 Å². The summed E-state index contributed by atoms with van der Waals surface area (Å²) in [7, 11) is 0. The van der Waals surface area contributed by atoms with Crippen molar-refractivity contribution in [3.8, 4) is 0 Å². The Morgan fingerprint density at radius 2 is 2.00 bits per heavy atom. The Labute approximate surface area is 117 Å². The van der Waals surface area contributed by atoms with E-state index < -0.39 is 0 Å². The third-order valence-corrected chi connectivity index (χ3v) is 4.04. The molecule has 1 aliphatic heterocycles. The normalized spacial score (nSPS) is 19.0. The lowest BCUT2D eigenvalue weighted by atomic mass is 9.92. The topological polar surface area (TPSA) is 62.4 Å². The van der Waals surface area contributed by atoms with E-state index in [1.165, 1.54) is 0 Å². The number of anilines is 2. The maximum absolute atomic E-state index is 9.57. The molecule has 1 saturated heterocycles. The number of piperidine rings is 1. The van der Waals surface area contributed by atoms with Gasteiger partial charge in [-0.3, -0.25) is 0 Å². The number of halogens is 2. The molecular weight excluding hydrogens is 273 g/mol. The molecule has 0 radical (unpaired) electrons. The van der Waals surface area contributed by atoms with Gasteiger partial charge in [0.15, 0.2) is 0 Å². The van der Waals surface area contributed by atoms with Gasteiger partial charge >= 0.3 is 0 Å². The lowest BCUT2D eigenvalue weighted by molar-refractivity contribution is 0.110. The van der Waals surface area contributed by atoms with E-state index in [-0.39, 0.29) is 6.10 Å². The van der Waals surface area contributed by atoms with Crippen LogP contribution in [0.1, 0.15) is 19.8 Å². The molecule has 0 bridgehead atoms. The zero-order valence-corrected chi connectivity index (χ0v) is 11.7. The van der Waals surface area contributed by atoms with Gasteiger partial charge in [0, 0.05) is 13.1 Å². The van der Waals surface area contributed by atoms with Crippen molar-refractivity contribution in [1.29, 1.82) is 0 Å². The molecule has 2 rings (SSSR count). The highest BCUT2D eigenvalue weighted by Gasteiger charge is 2.24. The first-order valence-electron chi connectivity index (χ1n) is 6.03. The SMILES string of the molecule is CC(O)C1CCN(c2nc(N)c(Cl)cc2Cl)CC1. The zero-order valence-electron chi connectivity index (χ0n) is 10.2. The summed E-state index contributed by atoms with van der Waals surface area (Å²) in [5.41, 5.74) is 5.70. The summed E-state index contributed by atoms with van der Waals surface area (Å²) in [6.45, 7) is 3.48. The predicted octanol–water partition coefficient (Wildman–Crippen LogP) is 2.57. The summed E-state index contributed by atoms with van der Waals surface area (Å²) in [5, 5.41) is 10.5. The smallest absolute Gasteiger partial charge is 0.149 e. The Morgan fingerprint density at radius 1 is 1.39 bits per heavy atom. The summed E-state index contributed by atoms with van der Waals surface area (Å²) in [5.74, 6) is 1.33. The van der Waals surface area contributed by atoms with Gasteiger partial charge in [0.2, 0.25) is 0 Å². The minimum absolute atomic E-state index is 0.258. The van der Waals surface area contributed by atoms with E-state index in [0.29, 0.717) is 27.6 Å². The van der Waals surface area contributed by atoms with Crippen LogP contribution < -0.4 is 10.6 Å². The molecule has 0 aliphatic carbocycles. The van der Waals surface area contributed by atoms with Crippen LogP contribution in [0.15, 0.2) is 6.07 Å². The fourth-order valence-electron chi connectivity index (χ4n) is 2.29. The van der Waals surface area contributed by atoms with Gasteiger partial charge in [-0.25, -0.2) is 4.98 Å². The lowest BCUT2D eigenvalue weighted by Crippen LogP contribution is -2.37. The molecule has 0 aromatic carbocycles. The van der Waals surface area contributed by atoms with Crippen molar-refractivity contribution >= 4 is 34.8 Å². The molecule has 18 heavy (non-hydrogen) atoms. The van der Waals surface area contributed by atoms with E-state index in [1.807, 2.05) is 6.92 Å². The van der Waals surface area contributed by atoms with Gasteiger partial charge in [0.05, 0.1) is 16.1 Å². The summed E-state index contributed by atoms with van der Waals surface area (Å²) in [6.07, 6.45) is 1.60. The molecule has 1 aromatic heterocycles. The maximum atomic E-state index is 9.57. The molecule has 4 nitrogen and oxygen atoms in total. The van der Waals surface area contributed by atoms with Gasteiger partial charge in [0.1, 0.15) is 11.6 Å². The lowest BCUT2D eigenvalue weighted by Gasteiger charge is -2.34. The van der Waals surface area contributed by atoms with E-state index >= 15 is 0 Å². The quantitative estimate of drug-likeness (QED) is 0.878. The highest BCUT2D eigenvalue weighted by atomic mass is 35.5. The number of nitrogens with two attached hydrogens (primary N) is 1. The van der Waals surface area contributed by atoms with Gasteiger partial charge in [-0.1, -0.05) is 23.2 Å². The molecule has 0 saturated carbocycles. The van der Waals surface area contributed by atoms with Crippen molar-refractivity contribution in [2.45, 2.75) is 25.9 Å². The van der Waals surface area contributed by atoms with E-state index in [4.69, 9.17) is 28.9 Å². The molecular formula is C12H17Cl2N3O. The molecule has 1 fully saturated rings. The standard InChI is InChI=1S/C12H17Cl2N3O/c1-7(18)8-2-4-17(5-3-8)12-10(14)6-9(13)11(15)16-12/h6-8,18H,2-5H2,1H3,(H2,15,16). The summed E-state index contributed by atoms with van der Waals surface area (Å²) in [4.78, 5) is 6.33. The fraction of sp³-hybridized carbons (Fsp3) is 0.583. The third-order valence-electron chi connectivity index (χ3n) is 3.46. The minimum Gasteiger partial charge on any atom is -0.393 e. The second kappa shape index (κ2) is 5.51. The van der Waals surface area contributed by atoms with Crippen LogP contribution in [0.25, 0.3) is 0 Å². The van der Waals surface area contributed by atoms with E-state index in [1.54, 1.807) is 6.07 Å². The number of nitrogen functional groups attached to an aromatic ring is 1. The van der Waals surface area contributed by atoms with E-state index in [0.717, 1.165) is 25.9 Å². The Balaban J connectivity index is 2.12. The van der Waals surface area contributed by atoms with Gasteiger partial charge in [0.25, 0.3) is 0 Å². The highest BCUT2D eigenvalue weighted by Crippen LogP contribution is 2.32. The van der Waals surface area contributed by atoms with Crippen LogP contribution in [0.4, 0.5) is 11.6 Å². The van der Waals surface area contributed by atoms with Gasteiger partial charge in [-0.2, -0.15) is 0 Å². The number of nitrogens with zero attached hydrogens (tertiary/aromatic N) is 2. The number of aliphatic hydroxyl groups is 1. The van der Waals surface area contributed by atoms with Crippen molar-refractivity contribution in [2.24, 2.45) is 5.92 Å². The fourth-order valence-corrected chi connectivity index (χ4v) is 2.76. The van der Waals surface area contributed by atoms with Crippen LogP contribution in [0.3, 0.4) is 0 Å². The van der Waals surface area contributed by atoms with E-state index in [2.05, 4.69) is 9.88 Å². The Kier molecular flexibility index (Phi) is 4.20. The van der Waals surface area contributed by atoms with Crippen LogP contribution >= 0.6 is 23.2 Å². The van der Waals surface area contributed by atoms with Crippen molar-refractivity contribution in [3.05, 3.63) is 16.1 Å². The first kappa shape index (κ1) is 13.7. The predicted molar refractivity (Wildman–Crippen MR) is 75.3 cm³/mol. The molecule has 3 N–H and O–H groups in total. The molecule has 1 unspecified atom stereocenters. The van der Waals surface area contributed by atoms with Crippen LogP contribution in [-0.2, 0) is 0 Å². The molecule has 1 atom stereocenters. The summed E-state index contributed by atoms with van der Waals surface area (Å²) < 4.78 is 0.